The number of aromatic nitrogens is 1. The maximum atomic E-state index is 12.8. The van der Waals surface area contributed by atoms with Crippen molar-refractivity contribution in [3.8, 4) is 0 Å². The fourth-order valence-corrected chi connectivity index (χ4v) is 3.82. The summed E-state index contributed by atoms with van der Waals surface area (Å²) < 4.78 is 0. The normalized spacial score (nSPS) is 18.0. The van der Waals surface area contributed by atoms with Crippen molar-refractivity contribution in [1.29, 1.82) is 0 Å². The summed E-state index contributed by atoms with van der Waals surface area (Å²) >= 11 is 0. The van der Waals surface area contributed by atoms with Crippen molar-refractivity contribution in [3.05, 3.63) is 66.4 Å². The SMILES string of the molecule is CCN(C(=O)C1CC1C(=O)NCCc1c[nH]c2ccccc12)c1ccccc1. The van der Waals surface area contributed by atoms with E-state index in [9.17, 15) is 9.59 Å². The predicted octanol–water partition coefficient (Wildman–Crippen LogP) is 3.52. The van der Waals surface area contributed by atoms with Gasteiger partial charge in [-0.1, -0.05) is 36.4 Å². The molecular weight excluding hydrogens is 350 g/mol. The topological polar surface area (TPSA) is 65.2 Å². The fourth-order valence-electron chi connectivity index (χ4n) is 3.82. The highest BCUT2D eigenvalue weighted by molar-refractivity contribution is 6.01. The van der Waals surface area contributed by atoms with Gasteiger partial charge in [0.1, 0.15) is 0 Å². The molecule has 2 N–H and O–H groups in total. The first-order valence-corrected chi connectivity index (χ1v) is 9.88. The largest absolute Gasteiger partial charge is 0.361 e. The Balaban J connectivity index is 1.30. The Morgan fingerprint density at radius 2 is 1.82 bits per heavy atom. The van der Waals surface area contributed by atoms with Crippen LogP contribution in [-0.4, -0.2) is 29.9 Å². The molecule has 1 aliphatic rings. The van der Waals surface area contributed by atoms with E-state index in [1.54, 1.807) is 4.90 Å². The van der Waals surface area contributed by atoms with Crippen LogP contribution in [0.25, 0.3) is 10.9 Å². The third-order valence-corrected chi connectivity index (χ3v) is 5.46. The number of anilines is 1. The molecule has 2 atom stereocenters. The van der Waals surface area contributed by atoms with Crippen LogP contribution < -0.4 is 10.2 Å². The molecule has 0 aliphatic heterocycles. The number of H-pyrrole nitrogens is 1. The molecule has 1 saturated carbocycles. The van der Waals surface area contributed by atoms with E-state index < -0.39 is 0 Å². The number of fused-ring (bicyclic) bond motifs is 1. The highest BCUT2D eigenvalue weighted by Gasteiger charge is 2.49. The molecule has 0 spiro atoms. The van der Waals surface area contributed by atoms with Crippen LogP contribution in [0.15, 0.2) is 60.8 Å². The molecule has 1 heterocycles. The number of benzene rings is 2. The van der Waals surface area contributed by atoms with Crippen LogP contribution in [0.3, 0.4) is 0 Å². The van der Waals surface area contributed by atoms with Gasteiger partial charge >= 0.3 is 0 Å². The van der Waals surface area contributed by atoms with E-state index in [1.165, 1.54) is 10.9 Å². The van der Waals surface area contributed by atoms with E-state index >= 15 is 0 Å². The molecule has 3 aromatic rings. The van der Waals surface area contributed by atoms with Crippen molar-refractivity contribution < 1.29 is 9.59 Å². The smallest absolute Gasteiger partial charge is 0.230 e. The lowest BCUT2D eigenvalue weighted by atomic mass is 10.1. The molecule has 144 valence electrons. The van der Waals surface area contributed by atoms with Crippen LogP contribution in [0.4, 0.5) is 5.69 Å². The van der Waals surface area contributed by atoms with Crippen molar-refractivity contribution in [3.63, 3.8) is 0 Å². The number of nitrogens with one attached hydrogen (secondary N) is 2. The van der Waals surface area contributed by atoms with Gasteiger partial charge < -0.3 is 15.2 Å². The summed E-state index contributed by atoms with van der Waals surface area (Å²) in [4.78, 5) is 30.3. The minimum atomic E-state index is -0.201. The van der Waals surface area contributed by atoms with Gasteiger partial charge in [-0.3, -0.25) is 9.59 Å². The average molecular weight is 375 g/mol. The van der Waals surface area contributed by atoms with E-state index in [0.29, 0.717) is 19.5 Å². The van der Waals surface area contributed by atoms with Crippen LogP contribution in [-0.2, 0) is 16.0 Å². The molecule has 1 aromatic heterocycles. The van der Waals surface area contributed by atoms with Crippen molar-refractivity contribution >= 4 is 28.4 Å². The highest BCUT2D eigenvalue weighted by Crippen LogP contribution is 2.41. The zero-order chi connectivity index (χ0) is 19.5. The number of carbonyl (C=O) groups is 2. The van der Waals surface area contributed by atoms with Crippen molar-refractivity contribution in [2.45, 2.75) is 19.8 Å². The van der Waals surface area contributed by atoms with Gasteiger partial charge in [-0.15, -0.1) is 0 Å². The lowest BCUT2D eigenvalue weighted by Gasteiger charge is -2.21. The molecule has 2 aromatic carbocycles. The molecule has 0 radical (unpaired) electrons. The number of para-hydroxylation sites is 2. The van der Waals surface area contributed by atoms with Crippen LogP contribution in [0, 0.1) is 11.8 Å². The summed E-state index contributed by atoms with van der Waals surface area (Å²) in [7, 11) is 0. The number of carbonyl (C=O) groups excluding carboxylic acids is 2. The summed E-state index contributed by atoms with van der Waals surface area (Å²) in [6.45, 7) is 3.14. The summed E-state index contributed by atoms with van der Waals surface area (Å²) in [5, 5.41) is 4.20. The summed E-state index contributed by atoms with van der Waals surface area (Å²) in [6, 6.07) is 17.8. The number of hydrogen-bond donors (Lipinski definition) is 2. The van der Waals surface area contributed by atoms with Crippen molar-refractivity contribution in [1.82, 2.24) is 10.3 Å². The molecule has 1 aliphatic carbocycles. The van der Waals surface area contributed by atoms with Crippen molar-refractivity contribution in [2.24, 2.45) is 11.8 Å². The van der Waals surface area contributed by atoms with Crippen LogP contribution in [0.1, 0.15) is 18.9 Å². The van der Waals surface area contributed by atoms with E-state index in [-0.39, 0.29) is 23.7 Å². The first-order valence-electron chi connectivity index (χ1n) is 9.88. The van der Waals surface area contributed by atoms with Gasteiger partial charge in [-0.25, -0.2) is 0 Å². The number of nitrogens with zero attached hydrogens (tertiary/aromatic N) is 1. The third kappa shape index (κ3) is 3.65. The molecular formula is C23H25N3O2. The minimum absolute atomic E-state index is 0.0118. The molecule has 28 heavy (non-hydrogen) atoms. The number of amides is 2. The highest BCUT2D eigenvalue weighted by atomic mass is 16.2. The van der Waals surface area contributed by atoms with Crippen LogP contribution >= 0.6 is 0 Å². The van der Waals surface area contributed by atoms with E-state index in [2.05, 4.69) is 16.4 Å². The first-order chi connectivity index (χ1) is 13.7. The zero-order valence-corrected chi connectivity index (χ0v) is 16.0. The second-order valence-corrected chi connectivity index (χ2v) is 7.27. The van der Waals surface area contributed by atoms with E-state index in [1.807, 2.05) is 61.7 Å². The van der Waals surface area contributed by atoms with Gasteiger partial charge in [0.05, 0.1) is 11.8 Å². The first kappa shape index (κ1) is 18.3. The number of hydrogen-bond acceptors (Lipinski definition) is 2. The minimum Gasteiger partial charge on any atom is -0.361 e. The molecule has 2 unspecified atom stereocenters. The van der Waals surface area contributed by atoms with Gasteiger partial charge in [-0.2, -0.15) is 0 Å². The molecule has 0 bridgehead atoms. The van der Waals surface area contributed by atoms with Crippen LogP contribution in [0.5, 0.6) is 0 Å². The summed E-state index contributed by atoms with van der Waals surface area (Å²) in [6.07, 6.45) is 3.41. The maximum absolute atomic E-state index is 12.8. The molecule has 1 fully saturated rings. The fraction of sp³-hybridized carbons (Fsp3) is 0.304. The second kappa shape index (κ2) is 7.89. The average Bonchev–Trinajstić information content (AvgIpc) is 3.44. The Morgan fingerprint density at radius 1 is 1.07 bits per heavy atom. The molecule has 5 nitrogen and oxygen atoms in total. The number of rotatable bonds is 7. The quantitative estimate of drug-likeness (QED) is 0.664. The Kier molecular flexibility index (Phi) is 5.15. The van der Waals surface area contributed by atoms with Gasteiger partial charge in [0.15, 0.2) is 0 Å². The van der Waals surface area contributed by atoms with Gasteiger partial charge in [0, 0.05) is 35.9 Å². The Hall–Kier alpha value is -3.08. The van der Waals surface area contributed by atoms with E-state index in [0.717, 1.165) is 17.6 Å². The summed E-state index contributed by atoms with van der Waals surface area (Å²) in [5.74, 6) is -0.366. The summed E-state index contributed by atoms with van der Waals surface area (Å²) in [5.41, 5.74) is 3.19. The third-order valence-electron chi connectivity index (χ3n) is 5.46. The number of aromatic amines is 1. The zero-order valence-electron chi connectivity index (χ0n) is 16.0. The van der Waals surface area contributed by atoms with E-state index in [4.69, 9.17) is 0 Å². The molecule has 2 amide bonds. The second-order valence-electron chi connectivity index (χ2n) is 7.27. The predicted molar refractivity (Wildman–Crippen MR) is 111 cm³/mol. The van der Waals surface area contributed by atoms with Gasteiger partial charge in [0.25, 0.3) is 0 Å². The Labute approximate surface area is 164 Å². The standard InChI is InChI=1S/C23H25N3O2/c1-2-26(17-8-4-3-5-9-17)23(28)20-14-19(20)22(27)24-13-12-16-15-25-21-11-7-6-10-18(16)21/h3-11,15,19-20,25H,2,12-14H2,1H3,(H,24,27). The molecule has 5 heteroatoms. The Morgan fingerprint density at radius 3 is 2.61 bits per heavy atom. The molecule has 0 saturated heterocycles. The maximum Gasteiger partial charge on any atom is 0.230 e. The van der Waals surface area contributed by atoms with Gasteiger partial charge in [-0.05, 0) is 43.5 Å². The molecule has 4 rings (SSSR count). The van der Waals surface area contributed by atoms with Crippen molar-refractivity contribution in [2.75, 3.05) is 18.0 Å². The van der Waals surface area contributed by atoms with Crippen LogP contribution in [0.2, 0.25) is 0 Å². The Bertz CT molecular complexity index is 980. The lowest BCUT2D eigenvalue weighted by Crippen LogP contribution is -2.34. The van der Waals surface area contributed by atoms with Gasteiger partial charge in [0.2, 0.25) is 11.8 Å². The lowest BCUT2D eigenvalue weighted by molar-refractivity contribution is -0.126. The monoisotopic (exact) mass is 375 g/mol.